The van der Waals surface area contributed by atoms with E-state index in [1.807, 2.05) is 12.1 Å². The molecule has 0 bridgehead atoms. The molecule has 0 aliphatic carbocycles. The van der Waals surface area contributed by atoms with E-state index in [2.05, 4.69) is 6.92 Å². The molecule has 0 fully saturated rings. The predicted molar refractivity (Wildman–Crippen MR) is 78.5 cm³/mol. The van der Waals surface area contributed by atoms with Crippen LogP contribution in [0.4, 0.5) is 0 Å². The molecule has 0 heterocycles. The average molecular weight is 284 g/mol. The van der Waals surface area contributed by atoms with Crippen LogP contribution < -0.4 is 5.73 Å². The molecule has 2 N–H and O–H groups in total. The third kappa shape index (κ3) is 4.60. The van der Waals surface area contributed by atoms with Gasteiger partial charge in [-0.2, -0.15) is 0 Å². The summed E-state index contributed by atoms with van der Waals surface area (Å²) in [6.07, 6.45) is 3.81. The van der Waals surface area contributed by atoms with Gasteiger partial charge in [0.25, 0.3) is 0 Å². The highest BCUT2D eigenvalue weighted by atomic mass is 32.2. The fraction of sp³-hybridized carbons (Fsp3) is 0.571. The van der Waals surface area contributed by atoms with Crippen molar-refractivity contribution < 1.29 is 8.42 Å². The standard InChI is InChI=1S/C14H24N2O2S/c1-3-4-5-12-16(2)19(17,18)14-8-6-13(7-9-14)10-11-15/h6-9H,3-5,10-12,15H2,1-2H3. The highest BCUT2D eigenvalue weighted by molar-refractivity contribution is 7.89. The van der Waals surface area contributed by atoms with Gasteiger partial charge in [-0.15, -0.1) is 0 Å². The zero-order valence-electron chi connectivity index (χ0n) is 11.8. The highest BCUT2D eigenvalue weighted by Crippen LogP contribution is 2.16. The van der Waals surface area contributed by atoms with E-state index in [-0.39, 0.29) is 0 Å². The minimum Gasteiger partial charge on any atom is -0.330 e. The Bertz CT molecular complexity index is 469. The lowest BCUT2D eigenvalue weighted by atomic mass is 10.2. The maximum absolute atomic E-state index is 12.3. The zero-order valence-corrected chi connectivity index (χ0v) is 12.6. The van der Waals surface area contributed by atoms with E-state index in [1.54, 1.807) is 19.2 Å². The first-order valence-corrected chi connectivity index (χ1v) is 8.21. The first-order valence-electron chi connectivity index (χ1n) is 6.77. The normalized spacial score (nSPS) is 12.0. The number of nitrogens with zero attached hydrogens (tertiary/aromatic N) is 1. The summed E-state index contributed by atoms with van der Waals surface area (Å²) in [6.45, 7) is 3.24. The molecule has 0 radical (unpaired) electrons. The van der Waals surface area contributed by atoms with Gasteiger partial charge in [-0.3, -0.25) is 0 Å². The molecule has 1 rings (SSSR count). The fourth-order valence-corrected chi connectivity index (χ4v) is 3.09. The van der Waals surface area contributed by atoms with E-state index in [0.717, 1.165) is 31.2 Å². The van der Waals surface area contributed by atoms with Gasteiger partial charge >= 0.3 is 0 Å². The van der Waals surface area contributed by atoms with Crippen molar-refractivity contribution in [1.29, 1.82) is 0 Å². The lowest BCUT2D eigenvalue weighted by Gasteiger charge is -2.17. The Morgan fingerprint density at radius 1 is 1.16 bits per heavy atom. The Morgan fingerprint density at radius 2 is 1.79 bits per heavy atom. The van der Waals surface area contributed by atoms with Crippen molar-refractivity contribution in [2.75, 3.05) is 20.1 Å². The zero-order chi connectivity index (χ0) is 14.3. The maximum atomic E-state index is 12.3. The number of nitrogens with two attached hydrogens (primary N) is 1. The Balaban J connectivity index is 2.75. The van der Waals surface area contributed by atoms with Gasteiger partial charge in [0.05, 0.1) is 4.90 Å². The molecule has 4 nitrogen and oxygen atoms in total. The topological polar surface area (TPSA) is 63.4 Å². The van der Waals surface area contributed by atoms with Crippen LogP contribution >= 0.6 is 0 Å². The molecule has 0 aromatic heterocycles. The number of sulfonamides is 1. The molecule has 0 amide bonds. The average Bonchev–Trinajstić information content (AvgIpc) is 2.40. The number of rotatable bonds is 8. The Kier molecular flexibility index (Phi) is 6.48. The van der Waals surface area contributed by atoms with Gasteiger partial charge in [0.1, 0.15) is 0 Å². The van der Waals surface area contributed by atoms with E-state index in [1.165, 1.54) is 4.31 Å². The van der Waals surface area contributed by atoms with Crippen LogP contribution in [0.25, 0.3) is 0 Å². The summed E-state index contributed by atoms with van der Waals surface area (Å²) in [4.78, 5) is 0.354. The third-order valence-corrected chi connectivity index (χ3v) is 5.01. The second kappa shape index (κ2) is 7.62. The van der Waals surface area contributed by atoms with Crippen LogP contribution in [0, 0.1) is 0 Å². The molecule has 0 saturated heterocycles. The van der Waals surface area contributed by atoms with Crippen LogP contribution in [0.15, 0.2) is 29.2 Å². The summed E-state index contributed by atoms with van der Waals surface area (Å²) in [5.74, 6) is 0. The van der Waals surface area contributed by atoms with Gasteiger partial charge in [-0.05, 0) is 37.1 Å². The predicted octanol–water partition coefficient (Wildman–Crippen LogP) is 2.00. The van der Waals surface area contributed by atoms with Crippen molar-refractivity contribution in [3.63, 3.8) is 0 Å². The van der Waals surface area contributed by atoms with Gasteiger partial charge < -0.3 is 5.73 Å². The van der Waals surface area contributed by atoms with Crippen LogP contribution in [0.1, 0.15) is 31.7 Å². The van der Waals surface area contributed by atoms with Crippen LogP contribution in [0.2, 0.25) is 0 Å². The monoisotopic (exact) mass is 284 g/mol. The Morgan fingerprint density at radius 3 is 2.32 bits per heavy atom. The smallest absolute Gasteiger partial charge is 0.242 e. The quantitative estimate of drug-likeness (QED) is 0.743. The third-order valence-electron chi connectivity index (χ3n) is 3.14. The molecule has 19 heavy (non-hydrogen) atoms. The molecule has 5 heteroatoms. The van der Waals surface area contributed by atoms with Crippen LogP contribution in [-0.4, -0.2) is 32.9 Å². The molecule has 0 spiro atoms. The summed E-state index contributed by atoms with van der Waals surface area (Å²) in [6, 6.07) is 6.99. The van der Waals surface area contributed by atoms with Gasteiger partial charge in [-0.1, -0.05) is 31.9 Å². The SMILES string of the molecule is CCCCCN(C)S(=O)(=O)c1ccc(CCN)cc1. The molecular weight excluding hydrogens is 260 g/mol. The second-order valence-corrected chi connectivity index (χ2v) is 6.76. The summed E-state index contributed by atoms with van der Waals surface area (Å²) < 4.78 is 26.0. The number of benzene rings is 1. The molecule has 0 unspecified atom stereocenters. The van der Waals surface area contributed by atoms with Gasteiger partial charge in [-0.25, -0.2) is 12.7 Å². The fourth-order valence-electron chi connectivity index (χ4n) is 1.88. The van der Waals surface area contributed by atoms with Gasteiger partial charge in [0.2, 0.25) is 10.0 Å². The van der Waals surface area contributed by atoms with Crippen LogP contribution in [0.3, 0.4) is 0 Å². The molecule has 1 aromatic carbocycles. The number of hydrogen-bond donors (Lipinski definition) is 1. The van der Waals surface area contributed by atoms with Crippen molar-refractivity contribution in [1.82, 2.24) is 4.31 Å². The van der Waals surface area contributed by atoms with E-state index in [0.29, 0.717) is 18.0 Å². The Labute approximate surface area is 116 Å². The molecule has 108 valence electrons. The Hall–Kier alpha value is -0.910. The second-order valence-electron chi connectivity index (χ2n) is 4.72. The lowest BCUT2D eigenvalue weighted by molar-refractivity contribution is 0.454. The first kappa shape index (κ1) is 16.1. The van der Waals surface area contributed by atoms with Crippen LogP contribution in [-0.2, 0) is 16.4 Å². The van der Waals surface area contributed by atoms with Crippen molar-refractivity contribution in [3.8, 4) is 0 Å². The molecule has 0 atom stereocenters. The maximum Gasteiger partial charge on any atom is 0.242 e. The summed E-state index contributed by atoms with van der Waals surface area (Å²) >= 11 is 0. The van der Waals surface area contributed by atoms with Crippen molar-refractivity contribution in [3.05, 3.63) is 29.8 Å². The van der Waals surface area contributed by atoms with Crippen molar-refractivity contribution in [2.45, 2.75) is 37.5 Å². The van der Waals surface area contributed by atoms with E-state index < -0.39 is 10.0 Å². The van der Waals surface area contributed by atoms with E-state index in [4.69, 9.17) is 5.73 Å². The molecular formula is C14H24N2O2S. The van der Waals surface area contributed by atoms with E-state index >= 15 is 0 Å². The molecule has 0 aliphatic heterocycles. The number of unbranched alkanes of at least 4 members (excludes halogenated alkanes) is 2. The number of hydrogen-bond acceptors (Lipinski definition) is 3. The largest absolute Gasteiger partial charge is 0.330 e. The summed E-state index contributed by atoms with van der Waals surface area (Å²) in [5.41, 5.74) is 6.54. The molecule has 0 aliphatic rings. The molecule has 0 saturated carbocycles. The first-order chi connectivity index (χ1) is 9.02. The highest BCUT2D eigenvalue weighted by Gasteiger charge is 2.19. The minimum atomic E-state index is -3.35. The summed E-state index contributed by atoms with van der Waals surface area (Å²) in [5, 5.41) is 0. The van der Waals surface area contributed by atoms with Crippen molar-refractivity contribution in [2.24, 2.45) is 5.73 Å². The molecule has 1 aromatic rings. The van der Waals surface area contributed by atoms with Gasteiger partial charge in [0, 0.05) is 13.6 Å². The van der Waals surface area contributed by atoms with Crippen LogP contribution in [0.5, 0.6) is 0 Å². The van der Waals surface area contributed by atoms with E-state index in [9.17, 15) is 8.42 Å². The van der Waals surface area contributed by atoms with Crippen molar-refractivity contribution >= 4 is 10.0 Å². The van der Waals surface area contributed by atoms with Gasteiger partial charge in [0.15, 0.2) is 0 Å². The lowest BCUT2D eigenvalue weighted by Crippen LogP contribution is -2.28. The minimum absolute atomic E-state index is 0.354. The summed E-state index contributed by atoms with van der Waals surface area (Å²) in [7, 11) is -1.71.